The molecule has 1 amide bonds. The number of hydrogen-bond donors (Lipinski definition) is 1. The van der Waals surface area contributed by atoms with Crippen LogP contribution in [0.2, 0.25) is 0 Å². The summed E-state index contributed by atoms with van der Waals surface area (Å²) in [6.07, 6.45) is 0.493. The van der Waals surface area contributed by atoms with E-state index in [1.54, 1.807) is 49.0 Å². The van der Waals surface area contributed by atoms with E-state index in [2.05, 4.69) is 10.4 Å². The van der Waals surface area contributed by atoms with Crippen molar-refractivity contribution in [3.8, 4) is 11.5 Å². The molecule has 26 heavy (non-hydrogen) atoms. The third-order valence-corrected chi connectivity index (χ3v) is 5.84. The van der Waals surface area contributed by atoms with Crippen LogP contribution < -0.4 is 14.8 Å². The molecule has 1 aliphatic rings. The molecule has 1 aromatic carbocycles. The predicted molar refractivity (Wildman–Crippen MR) is 96.4 cm³/mol. The first-order chi connectivity index (χ1) is 12.4. The summed E-state index contributed by atoms with van der Waals surface area (Å²) in [6, 6.07) is 8.42. The summed E-state index contributed by atoms with van der Waals surface area (Å²) in [5.74, 6) is 1.46. The van der Waals surface area contributed by atoms with Gasteiger partial charge < -0.3 is 14.8 Å². The molecule has 9 heteroatoms. The molecular formula is C17H21N3O5S. The minimum Gasteiger partial charge on any atom is -0.497 e. The molecule has 1 N–H and O–H groups in total. The van der Waals surface area contributed by atoms with Gasteiger partial charge in [-0.3, -0.25) is 4.79 Å². The first-order valence-corrected chi connectivity index (χ1v) is 10.0. The molecule has 1 unspecified atom stereocenters. The molecule has 0 saturated carbocycles. The van der Waals surface area contributed by atoms with Gasteiger partial charge >= 0.3 is 0 Å². The van der Waals surface area contributed by atoms with Crippen molar-refractivity contribution in [2.24, 2.45) is 0 Å². The van der Waals surface area contributed by atoms with Gasteiger partial charge in [-0.1, -0.05) is 6.07 Å². The standard InChI is InChI=1S/C17H21N3O5S/c1-12-8-16(20(19-12)13-6-7-26(22,23)11-13)18-17(21)10-25-15-5-3-4-14(9-15)24-2/h3-5,8-9,13H,6-7,10-11H2,1-2H3,(H,18,21). The Hall–Kier alpha value is -2.55. The zero-order valence-corrected chi connectivity index (χ0v) is 15.5. The van der Waals surface area contributed by atoms with E-state index in [1.807, 2.05) is 0 Å². The van der Waals surface area contributed by atoms with Gasteiger partial charge in [-0.25, -0.2) is 13.1 Å². The van der Waals surface area contributed by atoms with E-state index in [4.69, 9.17) is 9.47 Å². The van der Waals surface area contributed by atoms with Gasteiger partial charge in [0.25, 0.3) is 5.91 Å². The molecule has 1 atom stereocenters. The number of hydrogen-bond acceptors (Lipinski definition) is 6. The molecular weight excluding hydrogens is 358 g/mol. The SMILES string of the molecule is COc1cccc(OCC(=O)Nc2cc(C)nn2C2CCS(=O)(=O)C2)c1. The van der Waals surface area contributed by atoms with Gasteiger partial charge in [0.05, 0.1) is 30.4 Å². The zero-order valence-electron chi connectivity index (χ0n) is 14.6. The zero-order chi connectivity index (χ0) is 18.7. The smallest absolute Gasteiger partial charge is 0.263 e. The number of rotatable bonds is 6. The average Bonchev–Trinajstić information content (AvgIpc) is 3.15. The first kappa shape index (κ1) is 18.2. The average molecular weight is 379 g/mol. The Morgan fingerprint density at radius 3 is 2.81 bits per heavy atom. The number of aromatic nitrogens is 2. The number of carbonyl (C=O) groups is 1. The first-order valence-electron chi connectivity index (χ1n) is 8.19. The lowest BCUT2D eigenvalue weighted by molar-refractivity contribution is -0.118. The summed E-state index contributed by atoms with van der Waals surface area (Å²) >= 11 is 0. The molecule has 0 bridgehead atoms. The predicted octanol–water partition coefficient (Wildman–Crippen LogP) is 1.58. The van der Waals surface area contributed by atoms with Crippen molar-refractivity contribution in [2.45, 2.75) is 19.4 Å². The van der Waals surface area contributed by atoms with Crippen molar-refractivity contribution in [2.75, 3.05) is 30.5 Å². The van der Waals surface area contributed by atoms with Crippen molar-refractivity contribution in [3.05, 3.63) is 36.0 Å². The van der Waals surface area contributed by atoms with Crippen molar-refractivity contribution in [1.29, 1.82) is 0 Å². The third-order valence-electron chi connectivity index (χ3n) is 4.09. The summed E-state index contributed by atoms with van der Waals surface area (Å²) in [5.41, 5.74) is 0.707. The Morgan fingerprint density at radius 2 is 2.12 bits per heavy atom. The summed E-state index contributed by atoms with van der Waals surface area (Å²) in [6.45, 7) is 1.61. The van der Waals surface area contributed by atoms with Crippen LogP contribution in [0.15, 0.2) is 30.3 Å². The Balaban J connectivity index is 1.64. The Bertz CT molecular complexity index is 907. The number of sulfone groups is 1. The van der Waals surface area contributed by atoms with Crippen LogP contribution in [-0.4, -0.2) is 49.3 Å². The van der Waals surface area contributed by atoms with E-state index < -0.39 is 9.84 Å². The Morgan fingerprint density at radius 1 is 1.35 bits per heavy atom. The number of methoxy groups -OCH3 is 1. The lowest BCUT2D eigenvalue weighted by Gasteiger charge is -2.14. The van der Waals surface area contributed by atoms with Crippen LogP contribution in [0.3, 0.4) is 0 Å². The highest BCUT2D eigenvalue weighted by atomic mass is 32.2. The van der Waals surface area contributed by atoms with Crippen molar-refractivity contribution < 1.29 is 22.7 Å². The number of benzene rings is 1. The van der Waals surface area contributed by atoms with E-state index in [0.717, 1.165) is 0 Å². The summed E-state index contributed by atoms with van der Waals surface area (Å²) in [5, 5.41) is 7.08. The fraction of sp³-hybridized carbons (Fsp3) is 0.412. The van der Waals surface area contributed by atoms with E-state index in [-0.39, 0.29) is 30.1 Å². The second-order valence-corrected chi connectivity index (χ2v) is 8.42. The number of nitrogens with one attached hydrogen (secondary N) is 1. The highest BCUT2D eigenvalue weighted by molar-refractivity contribution is 7.91. The maximum Gasteiger partial charge on any atom is 0.263 e. The maximum absolute atomic E-state index is 12.2. The lowest BCUT2D eigenvalue weighted by Crippen LogP contribution is -2.23. The van der Waals surface area contributed by atoms with Gasteiger partial charge in [-0.2, -0.15) is 5.10 Å². The van der Waals surface area contributed by atoms with Gasteiger partial charge in [0.2, 0.25) is 0 Å². The normalized spacial score (nSPS) is 18.5. The van der Waals surface area contributed by atoms with Gasteiger partial charge in [-0.15, -0.1) is 0 Å². The molecule has 0 aliphatic carbocycles. The monoisotopic (exact) mass is 379 g/mol. The van der Waals surface area contributed by atoms with Crippen LogP contribution in [-0.2, 0) is 14.6 Å². The fourth-order valence-electron chi connectivity index (χ4n) is 2.88. The molecule has 1 saturated heterocycles. The van der Waals surface area contributed by atoms with E-state index in [0.29, 0.717) is 29.4 Å². The highest BCUT2D eigenvalue weighted by Gasteiger charge is 2.31. The fourth-order valence-corrected chi connectivity index (χ4v) is 4.57. The highest BCUT2D eigenvalue weighted by Crippen LogP contribution is 2.27. The molecule has 0 radical (unpaired) electrons. The van der Waals surface area contributed by atoms with E-state index in [9.17, 15) is 13.2 Å². The minimum atomic E-state index is -3.04. The van der Waals surface area contributed by atoms with Gasteiger partial charge in [0.1, 0.15) is 17.3 Å². The second kappa shape index (κ2) is 7.36. The van der Waals surface area contributed by atoms with Crippen molar-refractivity contribution in [3.63, 3.8) is 0 Å². The number of carbonyl (C=O) groups excluding carboxylic acids is 1. The van der Waals surface area contributed by atoms with Gasteiger partial charge in [-0.05, 0) is 25.5 Å². The van der Waals surface area contributed by atoms with Gasteiger partial charge in [0.15, 0.2) is 16.4 Å². The van der Waals surface area contributed by atoms with Crippen molar-refractivity contribution >= 4 is 21.6 Å². The number of aryl methyl sites for hydroxylation is 1. The second-order valence-electron chi connectivity index (χ2n) is 6.19. The van der Waals surface area contributed by atoms with Crippen LogP contribution >= 0.6 is 0 Å². The van der Waals surface area contributed by atoms with Crippen molar-refractivity contribution in [1.82, 2.24) is 9.78 Å². The molecule has 8 nitrogen and oxygen atoms in total. The van der Waals surface area contributed by atoms with E-state index in [1.165, 1.54) is 0 Å². The number of amides is 1. The van der Waals surface area contributed by atoms with Crippen LogP contribution in [0.25, 0.3) is 0 Å². The maximum atomic E-state index is 12.2. The topological polar surface area (TPSA) is 99.5 Å². The number of anilines is 1. The van der Waals surface area contributed by atoms with Crippen LogP contribution in [0.1, 0.15) is 18.2 Å². The Kier molecular flexibility index (Phi) is 5.17. The molecule has 0 spiro atoms. The molecule has 2 heterocycles. The summed E-state index contributed by atoms with van der Waals surface area (Å²) < 4.78 is 35.6. The van der Waals surface area contributed by atoms with Crippen LogP contribution in [0.5, 0.6) is 11.5 Å². The molecule has 140 valence electrons. The molecule has 3 rings (SSSR count). The lowest BCUT2D eigenvalue weighted by atomic mass is 10.3. The van der Waals surface area contributed by atoms with Crippen LogP contribution in [0, 0.1) is 6.92 Å². The van der Waals surface area contributed by atoms with Gasteiger partial charge in [0, 0.05) is 12.1 Å². The molecule has 1 fully saturated rings. The minimum absolute atomic E-state index is 0.0390. The number of ether oxygens (including phenoxy) is 2. The van der Waals surface area contributed by atoms with E-state index >= 15 is 0 Å². The largest absolute Gasteiger partial charge is 0.497 e. The Labute approximate surface area is 152 Å². The quantitative estimate of drug-likeness (QED) is 0.818. The molecule has 2 aromatic rings. The van der Waals surface area contributed by atoms with Crippen LogP contribution in [0.4, 0.5) is 5.82 Å². The third kappa shape index (κ3) is 4.34. The molecule has 1 aromatic heterocycles. The summed E-state index contributed by atoms with van der Waals surface area (Å²) in [7, 11) is -1.49. The molecule has 1 aliphatic heterocycles. The summed E-state index contributed by atoms with van der Waals surface area (Å²) in [4.78, 5) is 12.2. The number of nitrogens with zero attached hydrogens (tertiary/aromatic N) is 2.